The van der Waals surface area contributed by atoms with Gasteiger partial charge >= 0.3 is 0 Å². The first-order valence-corrected chi connectivity index (χ1v) is 6.70. The van der Waals surface area contributed by atoms with Gasteiger partial charge in [-0.05, 0) is 24.3 Å². The number of phenols is 1. The van der Waals surface area contributed by atoms with Crippen LogP contribution in [0.2, 0.25) is 0 Å². The summed E-state index contributed by atoms with van der Waals surface area (Å²) in [5, 5.41) is 32.5. The van der Waals surface area contributed by atoms with Gasteiger partial charge in [-0.1, -0.05) is 15.9 Å². The number of nitrogens with zero attached hydrogens (tertiary/aromatic N) is 2. The fourth-order valence-electron chi connectivity index (χ4n) is 1.78. The molecule has 0 heterocycles. The van der Waals surface area contributed by atoms with Crippen molar-refractivity contribution in [3.05, 3.63) is 62.1 Å². The second-order valence-corrected chi connectivity index (χ2v) is 5.14. The SMILES string of the molecule is N#Cc1cc([N+](=O)[O-])ccc1NCc1cc(Br)ccc1O. The smallest absolute Gasteiger partial charge is 0.270 e. The molecule has 0 unspecified atom stereocenters. The summed E-state index contributed by atoms with van der Waals surface area (Å²) in [5.74, 6) is 0.131. The third kappa shape index (κ3) is 3.49. The van der Waals surface area contributed by atoms with Gasteiger partial charge in [-0.3, -0.25) is 10.1 Å². The molecule has 2 rings (SSSR count). The summed E-state index contributed by atoms with van der Waals surface area (Å²) in [6.07, 6.45) is 0. The molecule has 0 aromatic heterocycles. The van der Waals surface area contributed by atoms with Gasteiger partial charge in [0.25, 0.3) is 5.69 Å². The van der Waals surface area contributed by atoms with Crippen molar-refractivity contribution in [3.8, 4) is 11.8 Å². The van der Waals surface area contributed by atoms with Gasteiger partial charge in [0, 0.05) is 28.7 Å². The lowest BCUT2D eigenvalue weighted by Crippen LogP contribution is -2.02. The molecule has 7 heteroatoms. The highest BCUT2D eigenvalue weighted by molar-refractivity contribution is 9.10. The standard InChI is InChI=1S/C14H10BrN3O3/c15-11-1-4-14(19)10(5-11)8-17-13-3-2-12(18(20)21)6-9(13)7-16/h1-6,17,19H,8H2. The van der Waals surface area contributed by atoms with E-state index in [1.54, 1.807) is 18.2 Å². The van der Waals surface area contributed by atoms with Crippen LogP contribution in [-0.4, -0.2) is 10.0 Å². The van der Waals surface area contributed by atoms with Crippen molar-refractivity contribution in [1.29, 1.82) is 5.26 Å². The summed E-state index contributed by atoms with van der Waals surface area (Å²) in [7, 11) is 0. The quantitative estimate of drug-likeness (QED) is 0.650. The number of rotatable bonds is 4. The van der Waals surface area contributed by atoms with Crippen LogP contribution < -0.4 is 5.32 Å². The monoisotopic (exact) mass is 347 g/mol. The Morgan fingerprint density at radius 2 is 2.10 bits per heavy atom. The molecule has 0 saturated heterocycles. The Hall–Kier alpha value is -2.59. The molecule has 6 nitrogen and oxygen atoms in total. The maximum atomic E-state index is 10.7. The highest BCUT2D eigenvalue weighted by Gasteiger charge is 2.11. The Bertz CT molecular complexity index is 741. The Kier molecular flexibility index (Phi) is 4.40. The van der Waals surface area contributed by atoms with E-state index in [1.165, 1.54) is 18.2 Å². The number of phenolic OH excluding ortho intramolecular Hbond substituents is 1. The average Bonchev–Trinajstić information content (AvgIpc) is 2.47. The fraction of sp³-hybridized carbons (Fsp3) is 0.0714. The Morgan fingerprint density at radius 3 is 2.76 bits per heavy atom. The highest BCUT2D eigenvalue weighted by atomic mass is 79.9. The minimum absolute atomic E-state index is 0.131. The lowest BCUT2D eigenvalue weighted by molar-refractivity contribution is -0.384. The topological polar surface area (TPSA) is 99.2 Å². The Morgan fingerprint density at radius 1 is 1.33 bits per heavy atom. The molecule has 0 bridgehead atoms. The molecule has 2 aromatic rings. The number of non-ortho nitro benzene ring substituents is 1. The number of hydrogen-bond acceptors (Lipinski definition) is 5. The Balaban J connectivity index is 2.22. The number of nitriles is 1. The molecule has 2 aromatic carbocycles. The van der Waals surface area contributed by atoms with Crippen molar-refractivity contribution in [3.63, 3.8) is 0 Å². The number of halogens is 1. The van der Waals surface area contributed by atoms with E-state index in [2.05, 4.69) is 21.2 Å². The van der Waals surface area contributed by atoms with Crippen molar-refractivity contribution in [2.24, 2.45) is 0 Å². The van der Waals surface area contributed by atoms with Gasteiger partial charge in [0.1, 0.15) is 11.8 Å². The van der Waals surface area contributed by atoms with E-state index in [-0.39, 0.29) is 23.5 Å². The predicted octanol–water partition coefficient (Wildman–Crippen LogP) is 3.55. The van der Waals surface area contributed by atoms with E-state index in [9.17, 15) is 15.2 Å². The molecule has 0 aliphatic carbocycles. The molecule has 0 atom stereocenters. The molecule has 0 amide bonds. The van der Waals surface area contributed by atoms with Crippen LogP contribution in [0.15, 0.2) is 40.9 Å². The summed E-state index contributed by atoms with van der Waals surface area (Å²) in [5.41, 5.74) is 1.16. The van der Waals surface area contributed by atoms with Crippen LogP contribution in [0.4, 0.5) is 11.4 Å². The normalized spacial score (nSPS) is 9.90. The van der Waals surface area contributed by atoms with Gasteiger partial charge in [0.05, 0.1) is 16.2 Å². The van der Waals surface area contributed by atoms with E-state index in [1.807, 2.05) is 6.07 Å². The van der Waals surface area contributed by atoms with E-state index >= 15 is 0 Å². The van der Waals surface area contributed by atoms with Crippen molar-refractivity contribution in [2.45, 2.75) is 6.54 Å². The second kappa shape index (κ2) is 6.24. The number of nitro benzene ring substituents is 1. The molecule has 0 saturated carbocycles. The van der Waals surface area contributed by atoms with Crippen molar-refractivity contribution in [1.82, 2.24) is 0 Å². The summed E-state index contributed by atoms with van der Waals surface area (Å²) >= 11 is 3.31. The molecular weight excluding hydrogens is 338 g/mol. The molecule has 0 aliphatic rings. The van der Waals surface area contributed by atoms with Crippen LogP contribution in [0, 0.1) is 21.4 Å². The second-order valence-electron chi connectivity index (χ2n) is 4.23. The first-order chi connectivity index (χ1) is 10.0. The zero-order valence-corrected chi connectivity index (χ0v) is 12.3. The third-order valence-corrected chi connectivity index (χ3v) is 3.34. The molecule has 21 heavy (non-hydrogen) atoms. The summed E-state index contributed by atoms with van der Waals surface area (Å²) < 4.78 is 0.821. The predicted molar refractivity (Wildman–Crippen MR) is 80.9 cm³/mol. The lowest BCUT2D eigenvalue weighted by Gasteiger charge is -2.10. The van der Waals surface area contributed by atoms with Crippen molar-refractivity contribution < 1.29 is 10.0 Å². The zero-order chi connectivity index (χ0) is 15.4. The number of nitro groups is 1. The highest BCUT2D eigenvalue weighted by Crippen LogP contribution is 2.25. The summed E-state index contributed by atoms with van der Waals surface area (Å²) in [4.78, 5) is 10.1. The number of aromatic hydroxyl groups is 1. The average molecular weight is 348 g/mol. The van der Waals surface area contributed by atoms with Gasteiger partial charge < -0.3 is 10.4 Å². The third-order valence-electron chi connectivity index (χ3n) is 2.85. The summed E-state index contributed by atoms with van der Waals surface area (Å²) in [6.45, 7) is 0.289. The van der Waals surface area contributed by atoms with Crippen LogP contribution >= 0.6 is 15.9 Å². The first kappa shape index (κ1) is 14.8. The van der Waals surface area contributed by atoms with Gasteiger partial charge in [-0.15, -0.1) is 0 Å². The van der Waals surface area contributed by atoms with Crippen LogP contribution in [0.25, 0.3) is 0 Å². The first-order valence-electron chi connectivity index (χ1n) is 5.91. The minimum Gasteiger partial charge on any atom is -0.508 e. The van der Waals surface area contributed by atoms with Gasteiger partial charge in [-0.25, -0.2) is 0 Å². The van der Waals surface area contributed by atoms with E-state index in [0.29, 0.717) is 11.3 Å². The Labute approximate surface area is 128 Å². The van der Waals surface area contributed by atoms with Gasteiger partial charge in [0.15, 0.2) is 0 Å². The molecular formula is C14H10BrN3O3. The number of nitrogens with one attached hydrogen (secondary N) is 1. The van der Waals surface area contributed by atoms with Crippen LogP contribution in [0.1, 0.15) is 11.1 Å². The number of benzene rings is 2. The van der Waals surface area contributed by atoms with Crippen molar-refractivity contribution >= 4 is 27.3 Å². The lowest BCUT2D eigenvalue weighted by atomic mass is 10.1. The number of anilines is 1. The molecule has 0 radical (unpaired) electrons. The van der Waals surface area contributed by atoms with E-state index < -0.39 is 4.92 Å². The van der Waals surface area contributed by atoms with Crippen LogP contribution in [-0.2, 0) is 6.54 Å². The summed E-state index contributed by atoms with van der Waals surface area (Å²) in [6, 6.07) is 10.9. The van der Waals surface area contributed by atoms with Crippen LogP contribution in [0.5, 0.6) is 5.75 Å². The fourth-order valence-corrected chi connectivity index (χ4v) is 2.19. The molecule has 106 valence electrons. The maximum absolute atomic E-state index is 10.7. The zero-order valence-electron chi connectivity index (χ0n) is 10.7. The maximum Gasteiger partial charge on any atom is 0.270 e. The molecule has 0 fully saturated rings. The van der Waals surface area contributed by atoms with E-state index in [4.69, 9.17) is 5.26 Å². The molecule has 0 spiro atoms. The van der Waals surface area contributed by atoms with E-state index in [0.717, 1.165) is 4.47 Å². The molecule has 0 aliphatic heterocycles. The minimum atomic E-state index is -0.551. The molecule has 2 N–H and O–H groups in total. The van der Waals surface area contributed by atoms with Gasteiger partial charge in [0.2, 0.25) is 0 Å². The van der Waals surface area contributed by atoms with Crippen molar-refractivity contribution in [2.75, 3.05) is 5.32 Å². The van der Waals surface area contributed by atoms with Crippen LogP contribution in [0.3, 0.4) is 0 Å². The largest absolute Gasteiger partial charge is 0.508 e. The number of hydrogen-bond donors (Lipinski definition) is 2. The van der Waals surface area contributed by atoms with Gasteiger partial charge in [-0.2, -0.15) is 5.26 Å².